The van der Waals surface area contributed by atoms with Gasteiger partial charge < -0.3 is 14.8 Å². The number of hydrogen-bond acceptors (Lipinski definition) is 5. The lowest BCUT2D eigenvalue weighted by atomic mass is 9.86. The van der Waals surface area contributed by atoms with Gasteiger partial charge in [-0.15, -0.1) is 0 Å². The van der Waals surface area contributed by atoms with Crippen LogP contribution in [-0.2, 0) is 5.41 Å². The SMILES string of the molecule is CC(C)(C)c1cc(-c2ccc(Cl)cc2)nc2cc(C(O)N3CCNCC3(C)C)oc12. The van der Waals surface area contributed by atoms with Crippen LogP contribution in [0.25, 0.3) is 22.4 Å². The van der Waals surface area contributed by atoms with Gasteiger partial charge in [-0.05, 0) is 37.5 Å². The number of aliphatic hydroxyl groups is 1. The molecule has 30 heavy (non-hydrogen) atoms. The van der Waals surface area contributed by atoms with Gasteiger partial charge >= 0.3 is 0 Å². The predicted molar refractivity (Wildman–Crippen MR) is 122 cm³/mol. The minimum atomic E-state index is -0.817. The Balaban J connectivity index is 1.82. The van der Waals surface area contributed by atoms with Crippen LogP contribution in [0.3, 0.4) is 0 Å². The molecule has 4 rings (SSSR count). The Morgan fingerprint density at radius 1 is 1.20 bits per heavy atom. The van der Waals surface area contributed by atoms with E-state index < -0.39 is 6.23 Å². The number of piperazine rings is 1. The van der Waals surface area contributed by atoms with E-state index in [0.717, 1.165) is 47.6 Å². The van der Waals surface area contributed by atoms with Gasteiger partial charge in [-0.3, -0.25) is 4.90 Å². The molecule has 5 nitrogen and oxygen atoms in total. The first kappa shape index (κ1) is 21.3. The fraction of sp³-hybridized carbons (Fsp3) is 0.458. The molecule has 160 valence electrons. The fourth-order valence-corrected chi connectivity index (χ4v) is 4.22. The summed E-state index contributed by atoms with van der Waals surface area (Å²) >= 11 is 6.06. The highest BCUT2D eigenvalue weighted by atomic mass is 35.5. The van der Waals surface area contributed by atoms with Crippen molar-refractivity contribution in [1.29, 1.82) is 0 Å². The van der Waals surface area contributed by atoms with Crippen molar-refractivity contribution in [2.45, 2.75) is 51.8 Å². The number of aliphatic hydroxyl groups excluding tert-OH is 1. The highest BCUT2D eigenvalue weighted by Crippen LogP contribution is 2.37. The molecule has 1 aliphatic heterocycles. The van der Waals surface area contributed by atoms with E-state index in [1.165, 1.54) is 0 Å². The average Bonchev–Trinajstić information content (AvgIpc) is 3.10. The molecule has 0 amide bonds. The average molecular weight is 428 g/mol. The van der Waals surface area contributed by atoms with Crippen LogP contribution in [0.2, 0.25) is 5.02 Å². The normalized spacial score (nSPS) is 18.6. The molecular weight excluding hydrogens is 398 g/mol. The quantitative estimate of drug-likeness (QED) is 0.607. The number of benzene rings is 1. The van der Waals surface area contributed by atoms with E-state index in [1.807, 2.05) is 30.3 Å². The number of nitrogens with one attached hydrogen (secondary N) is 1. The maximum Gasteiger partial charge on any atom is 0.167 e. The summed E-state index contributed by atoms with van der Waals surface area (Å²) in [6.07, 6.45) is -0.817. The molecule has 6 heteroatoms. The van der Waals surface area contributed by atoms with Crippen molar-refractivity contribution in [3.8, 4) is 11.3 Å². The largest absolute Gasteiger partial charge is 0.455 e. The Bertz CT molecular complexity index is 1050. The number of nitrogens with zero attached hydrogens (tertiary/aromatic N) is 2. The minimum Gasteiger partial charge on any atom is -0.455 e. The predicted octanol–water partition coefficient (Wildman–Crippen LogP) is 5.12. The standard InChI is InChI=1S/C24H30ClN3O2/c1-23(2,3)17-12-18(15-6-8-16(25)9-7-15)27-19-13-20(30-21(17)19)22(29)28-11-10-26-14-24(28,4)5/h6-9,12-13,22,26,29H,10-11,14H2,1-5H3. The third kappa shape index (κ3) is 4.00. The van der Waals surface area contributed by atoms with Crippen molar-refractivity contribution >= 4 is 22.7 Å². The fourth-order valence-electron chi connectivity index (χ4n) is 4.10. The minimum absolute atomic E-state index is 0.142. The van der Waals surface area contributed by atoms with Crippen molar-refractivity contribution in [2.75, 3.05) is 19.6 Å². The number of pyridine rings is 1. The first-order valence-corrected chi connectivity index (χ1v) is 10.8. The Labute approximate surface area is 183 Å². The van der Waals surface area contributed by atoms with Crippen LogP contribution in [-0.4, -0.2) is 40.2 Å². The molecule has 0 bridgehead atoms. The van der Waals surface area contributed by atoms with Crippen LogP contribution in [0.1, 0.15) is 52.2 Å². The second-order valence-electron chi connectivity index (χ2n) is 9.73. The number of aromatic nitrogens is 1. The summed E-state index contributed by atoms with van der Waals surface area (Å²) in [6.45, 7) is 13.1. The smallest absolute Gasteiger partial charge is 0.167 e. The molecule has 1 atom stereocenters. The first-order valence-electron chi connectivity index (χ1n) is 10.4. The lowest BCUT2D eigenvalue weighted by Crippen LogP contribution is -2.58. The van der Waals surface area contributed by atoms with Crippen molar-refractivity contribution in [1.82, 2.24) is 15.2 Å². The second kappa shape index (κ2) is 7.65. The zero-order valence-electron chi connectivity index (χ0n) is 18.3. The number of furan rings is 1. The molecule has 0 saturated carbocycles. The van der Waals surface area contributed by atoms with E-state index in [4.69, 9.17) is 21.0 Å². The molecule has 1 aliphatic rings. The van der Waals surface area contributed by atoms with Crippen LogP contribution < -0.4 is 5.32 Å². The zero-order chi connectivity index (χ0) is 21.7. The summed E-state index contributed by atoms with van der Waals surface area (Å²) in [5, 5.41) is 15.2. The summed E-state index contributed by atoms with van der Waals surface area (Å²) in [4.78, 5) is 6.94. The molecule has 1 saturated heterocycles. The maximum absolute atomic E-state index is 11.2. The van der Waals surface area contributed by atoms with Crippen LogP contribution in [0, 0.1) is 0 Å². The first-order chi connectivity index (χ1) is 14.1. The molecular formula is C24H30ClN3O2. The van der Waals surface area contributed by atoms with Crippen LogP contribution in [0.5, 0.6) is 0 Å². The Kier molecular flexibility index (Phi) is 5.43. The Morgan fingerprint density at radius 2 is 1.90 bits per heavy atom. The molecule has 1 fully saturated rings. The Morgan fingerprint density at radius 3 is 2.53 bits per heavy atom. The molecule has 2 aromatic heterocycles. The molecule has 0 aliphatic carbocycles. The van der Waals surface area contributed by atoms with Gasteiger partial charge in [0.25, 0.3) is 0 Å². The van der Waals surface area contributed by atoms with Gasteiger partial charge in [0.05, 0.1) is 5.69 Å². The highest BCUT2D eigenvalue weighted by molar-refractivity contribution is 6.30. The van der Waals surface area contributed by atoms with Crippen molar-refractivity contribution in [3.63, 3.8) is 0 Å². The van der Waals surface area contributed by atoms with Crippen LogP contribution >= 0.6 is 11.6 Å². The number of rotatable bonds is 3. The van der Waals surface area contributed by atoms with Gasteiger partial charge in [-0.1, -0.05) is 44.5 Å². The Hall–Kier alpha value is -1.92. The molecule has 0 radical (unpaired) electrons. The third-order valence-electron chi connectivity index (χ3n) is 5.86. The van der Waals surface area contributed by atoms with Gasteiger partial charge in [-0.25, -0.2) is 4.98 Å². The summed E-state index contributed by atoms with van der Waals surface area (Å²) in [6, 6.07) is 11.7. The summed E-state index contributed by atoms with van der Waals surface area (Å²) in [5.74, 6) is 0.534. The van der Waals surface area contributed by atoms with E-state index in [0.29, 0.717) is 10.8 Å². The van der Waals surface area contributed by atoms with Crippen LogP contribution in [0.15, 0.2) is 40.8 Å². The number of halogens is 1. The van der Waals surface area contributed by atoms with E-state index in [9.17, 15) is 5.11 Å². The van der Waals surface area contributed by atoms with Crippen LogP contribution in [0.4, 0.5) is 0 Å². The topological polar surface area (TPSA) is 61.5 Å². The highest BCUT2D eigenvalue weighted by Gasteiger charge is 2.36. The monoisotopic (exact) mass is 427 g/mol. The van der Waals surface area contributed by atoms with Gasteiger partial charge in [0, 0.05) is 47.4 Å². The number of hydrogen-bond donors (Lipinski definition) is 2. The van der Waals surface area contributed by atoms with Crippen molar-refractivity contribution in [2.24, 2.45) is 0 Å². The molecule has 1 unspecified atom stereocenters. The van der Waals surface area contributed by atoms with E-state index in [-0.39, 0.29) is 11.0 Å². The molecule has 3 heterocycles. The summed E-state index contributed by atoms with van der Waals surface area (Å²) in [7, 11) is 0. The third-order valence-corrected chi connectivity index (χ3v) is 6.11. The summed E-state index contributed by atoms with van der Waals surface area (Å²) in [5.41, 5.74) is 4.11. The molecule has 2 N–H and O–H groups in total. The molecule has 0 spiro atoms. The second-order valence-corrected chi connectivity index (χ2v) is 10.2. The van der Waals surface area contributed by atoms with Crippen molar-refractivity contribution in [3.05, 3.63) is 52.7 Å². The number of fused-ring (bicyclic) bond motifs is 1. The van der Waals surface area contributed by atoms with E-state index >= 15 is 0 Å². The molecule has 1 aromatic carbocycles. The van der Waals surface area contributed by atoms with E-state index in [2.05, 4.69) is 50.9 Å². The van der Waals surface area contributed by atoms with Crippen molar-refractivity contribution < 1.29 is 9.52 Å². The molecule has 3 aromatic rings. The summed E-state index contributed by atoms with van der Waals surface area (Å²) < 4.78 is 6.25. The van der Waals surface area contributed by atoms with Gasteiger partial charge in [0.15, 0.2) is 17.6 Å². The zero-order valence-corrected chi connectivity index (χ0v) is 19.0. The lowest BCUT2D eigenvalue weighted by Gasteiger charge is -2.44. The van der Waals surface area contributed by atoms with Gasteiger partial charge in [0.1, 0.15) is 5.52 Å². The van der Waals surface area contributed by atoms with E-state index in [1.54, 1.807) is 0 Å². The maximum atomic E-state index is 11.2. The lowest BCUT2D eigenvalue weighted by molar-refractivity contribution is -0.0804. The van der Waals surface area contributed by atoms with Gasteiger partial charge in [0.2, 0.25) is 0 Å². The van der Waals surface area contributed by atoms with Gasteiger partial charge in [-0.2, -0.15) is 0 Å².